The van der Waals surface area contributed by atoms with Gasteiger partial charge in [-0.05, 0) is 48.5 Å². The zero-order valence-corrected chi connectivity index (χ0v) is 14.9. The zero-order chi connectivity index (χ0) is 19.5. The van der Waals surface area contributed by atoms with Gasteiger partial charge in [0, 0.05) is 24.6 Å². The third-order valence-electron chi connectivity index (χ3n) is 4.03. The van der Waals surface area contributed by atoms with Crippen molar-refractivity contribution in [2.24, 2.45) is 7.05 Å². The highest BCUT2D eigenvalue weighted by Crippen LogP contribution is 2.27. The summed E-state index contributed by atoms with van der Waals surface area (Å²) >= 11 is 0. The van der Waals surface area contributed by atoms with E-state index in [0.717, 1.165) is 11.0 Å². The zero-order valence-electron chi connectivity index (χ0n) is 14.9. The van der Waals surface area contributed by atoms with Crippen molar-refractivity contribution in [3.63, 3.8) is 0 Å². The highest BCUT2D eigenvalue weighted by Gasteiger charge is 2.10. The maximum atomic E-state index is 13.2. The van der Waals surface area contributed by atoms with Gasteiger partial charge in [-0.15, -0.1) is 0 Å². The van der Waals surface area contributed by atoms with E-state index in [4.69, 9.17) is 4.74 Å². The van der Waals surface area contributed by atoms with E-state index >= 15 is 0 Å². The van der Waals surface area contributed by atoms with Crippen molar-refractivity contribution < 1.29 is 13.9 Å². The largest absolute Gasteiger partial charge is 0.437 e. The molecule has 0 radical (unpaired) electrons. The summed E-state index contributed by atoms with van der Waals surface area (Å²) in [5.41, 5.74) is 2.51. The molecule has 0 spiro atoms. The molecule has 0 fully saturated rings. The Morgan fingerprint density at radius 2 is 1.82 bits per heavy atom. The number of nitrogens with zero attached hydrogens (tertiary/aromatic N) is 3. The number of urea groups is 1. The summed E-state index contributed by atoms with van der Waals surface area (Å²) < 4.78 is 20.9. The molecule has 4 aromatic rings. The average molecular weight is 377 g/mol. The van der Waals surface area contributed by atoms with Crippen molar-refractivity contribution in [3.05, 3.63) is 72.9 Å². The minimum absolute atomic E-state index is 0.368. The van der Waals surface area contributed by atoms with Gasteiger partial charge in [0.1, 0.15) is 23.4 Å². The fourth-order valence-corrected chi connectivity index (χ4v) is 2.74. The number of ether oxygens (including phenoxy) is 1. The van der Waals surface area contributed by atoms with E-state index in [9.17, 15) is 9.18 Å². The Kier molecular flexibility index (Phi) is 4.59. The topological polar surface area (TPSA) is 81.1 Å². The molecule has 28 heavy (non-hydrogen) atoms. The van der Waals surface area contributed by atoms with Crippen molar-refractivity contribution in [1.29, 1.82) is 0 Å². The lowest BCUT2D eigenvalue weighted by atomic mass is 10.3. The summed E-state index contributed by atoms with van der Waals surface area (Å²) in [4.78, 5) is 20.4. The number of hydrogen-bond donors (Lipinski definition) is 2. The van der Waals surface area contributed by atoms with E-state index in [-0.39, 0.29) is 0 Å². The molecule has 7 nitrogen and oxygen atoms in total. The van der Waals surface area contributed by atoms with Crippen LogP contribution >= 0.6 is 0 Å². The molecule has 2 aromatic carbocycles. The van der Waals surface area contributed by atoms with Crippen molar-refractivity contribution >= 4 is 28.4 Å². The Morgan fingerprint density at radius 1 is 1.04 bits per heavy atom. The van der Waals surface area contributed by atoms with Crippen LogP contribution < -0.4 is 15.4 Å². The Balaban J connectivity index is 1.43. The molecule has 8 heteroatoms. The number of aryl methyl sites for hydroxylation is 1. The third-order valence-corrected chi connectivity index (χ3v) is 4.03. The lowest BCUT2D eigenvalue weighted by Crippen LogP contribution is -2.19. The van der Waals surface area contributed by atoms with Gasteiger partial charge in [0.25, 0.3) is 0 Å². The van der Waals surface area contributed by atoms with Crippen LogP contribution in [0.15, 0.2) is 67.1 Å². The monoisotopic (exact) mass is 377 g/mol. The lowest BCUT2D eigenvalue weighted by Gasteiger charge is -2.10. The first kappa shape index (κ1) is 17.5. The quantitative estimate of drug-likeness (QED) is 0.547. The number of aromatic nitrogens is 3. The molecule has 4 rings (SSSR count). The van der Waals surface area contributed by atoms with Crippen molar-refractivity contribution in [1.82, 2.24) is 14.5 Å². The van der Waals surface area contributed by atoms with Crippen molar-refractivity contribution in [3.8, 4) is 11.6 Å². The van der Waals surface area contributed by atoms with Gasteiger partial charge in [0.15, 0.2) is 0 Å². The predicted molar refractivity (Wildman–Crippen MR) is 104 cm³/mol. The average Bonchev–Trinajstić information content (AvgIpc) is 3.05. The number of carbonyl (C=O) groups is 1. The second-order valence-electron chi connectivity index (χ2n) is 6.06. The van der Waals surface area contributed by atoms with Gasteiger partial charge in [-0.25, -0.2) is 14.2 Å². The minimum Gasteiger partial charge on any atom is -0.437 e. The number of rotatable bonds is 4. The van der Waals surface area contributed by atoms with Crippen LogP contribution in [0.3, 0.4) is 0 Å². The Bertz CT molecular complexity index is 1140. The van der Waals surface area contributed by atoms with E-state index < -0.39 is 11.8 Å². The summed E-state index contributed by atoms with van der Waals surface area (Å²) in [7, 11) is 1.89. The number of nitrogens with one attached hydrogen (secondary N) is 2. The van der Waals surface area contributed by atoms with E-state index in [2.05, 4.69) is 20.6 Å². The number of halogens is 1. The maximum absolute atomic E-state index is 13.2. The van der Waals surface area contributed by atoms with Crippen LogP contribution in [0.4, 0.5) is 20.6 Å². The molecule has 0 saturated heterocycles. The maximum Gasteiger partial charge on any atom is 0.323 e. The third kappa shape index (κ3) is 3.75. The van der Waals surface area contributed by atoms with Gasteiger partial charge in [-0.2, -0.15) is 4.98 Å². The molecule has 2 heterocycles. The van der Waals surface area contributed by atoms with Crippen molar-refractivity contribution in [2.45, 2.75) is 0 Å². The summed E-state index contributed by atoms with van der Waals surface area (Å²) in [6, 6.07) is 13.9. The second-order valence-corrected chi connectivity index (χ2v) is 6.06. The SMILES string of the molecule is Cn1ccc2ncnc(Oc3ccc(NC(=O)Nc4cccc(F)c4)cc3)c21. The van der Waals surface area contributed by atoms with Gasteiger partial charge in [0.05, 0.1) is 5.52 Å². The molecular weight excluding hydrogens is 361 g/mol. The van der Waals surface area contributed by atoms with E-state index in [0.29, 0.717) is 23.0 Å². The Labute approximate surface area is 159 Å². The first-order chi connectivity index (χ1) is 13.6. The first-order valence-corrected chi connectivity index (χ1v) is 8.46. The molecule has 0 aliphatic heterocycles. The summed E-state index contributed by atoms with van der Waals surface area (Å²) in [5.74, 6) is 0.593. The fourth-order valence-electron chi connectivity index (χ4n) is 2.74. The molecule has 140 valence electrons. The molecule has 0 bridgehead atoms. The number of amides is 2. The van der Waals surface area contributed by atoms with Gasteiger partial charge < -0.3 is 19.9 Å². The van der Waals surface area contributed by atoms with Gasteiger partial charge in [0.2, 0.25) is 5.88 Å². The molecule has 0 unspecified atom stereocenters. The van der Waals surface area contributed by atoms with Crippen LogP contribution in [0.5, 0.6) is 11.6 Å². The molecule has 0 aliphatic rings. The van der Waals surface area contributed by atoms with Gasteiger partial charge in [-0.1, -0.05) is 6.07 Å². The van der Waals surface area contributed by atoms with Crippen LogP contribution in [-0.2, 0) is 7.05 Å². The Morgan fingerprint density at radius 3 is 2.61 bits per heavy atom. The van der Waals surface area contributed by atoms with Gasteiger partial charge in [-0.3, -0.25) is 0 Å². The molecule has 2 aromatic heterocycles. The number of fused-ring (bicyclic) bond motifs is 1. The molecule has 0 atom stereocenters. The smallest absolute Gasteiger partial charge is 0.323 e. The normalized spacial score (nSPS) is 10.6. The minimum atomic E-state index is -0.472. The number of hydrogen-bond acceptors (Lipinski definition) is 4. The van der Waals surface area contributed by atoms with Crippen molar-refractivity contribution in [2.75, 3.05) is 10.6 Å². The molecular formula is C20H16FN5O2. The number of benzene rings is 2. The Hall–Kier alpha value is -3.94. The molecule has 2 N–H and O–H groups in total. The molecule has 0 saturated carbocycles. The number of anilines is 2. The second kappa shape index (κ2) is 7.36. The predicted octanol–water partition coefficient (Wildman–Crippen LogP) is 4.54. The van der Waals surface area contributed by atoms with Crippen LogP contribution in [0.2, 0.25) is 0 Å². The summed E-state index contributed by atoms with van der Waals surface area (Å²) in [6.45, 7) is 0. The van der Waals surface area contributed by atoms with E-state index in [1.807, 2.05) is 23.9 Å². The van der Waals surface area contributed by atoms with Gasteiger partial charge >= 0.3 is 6.03 Å². The van der Waals surface area contributed by atoms with E-state index in [1.54, 1.807) is 30.3 Å². The molecule has 0 aliphatic carbocycles. The fraction of sp³-hybridized carbons (Fsp3) is 0.0500. The standard InChI is InChI=1S/C20H16FN5O2/c1-26-10-9-17-18(26)19(23-12-22-17)28-16-7-5-14(6-8-16)24-20(27)25-15-4-2-3-13(21)11-15/h2-12H,1H3,(H2,24,25,27). The van der Waals surface area contributed by atoms with Crippen LogP contribution in [-0.4, -0.2) is 20.6 Å². The van der Waals surface area contributed by atoms with Crippen LogP contribution in [0.25, 0.3) is 11.0 Å². The highest BCUT2D eigenvalue weighted by molar-refractivity contribution is 5.99. The summed E-state index contributed by atoms with van der Waals surface area (Å²) in [5, 5.41) is 5.25. The first-order valence-electron chi connectivity index (χ1n) is 8.46. The van der Waals surface area contributed by atoms with E-state index in [1.165, 1.54) is 24.5 Å². The van der Waals surface area contributed by atoms with Crippen LogP contribution in [0, 0.1) is 5.82 Å². The van der Waals surface area contributed by atoms with Crippen LogP contribution in [0.1, 0.15) is 0 Å². The molecule has 2 amide bonds. The highest BCUT2D eigenvalue weighted by atomic mass is 19.1. The summed E-state index contributed by atoms with van der Waals surface area (Å²) in [6.07, 6.45) is 3.33. The number of carbonyl (C=O) groups excluding carboxylic acids is 1. The lowest BCUT2D eigenvalue weighted by molar-refractivity contribution is 0.262.